The summed E-state index contributed by atoms with van der Waals surface area (Å²) in [5.41, 5.74) is 8.56. The van der Waals surface area contributed by atoms with Crippen LogP contribution in [0.25, 0.3) is 0 Å². The minimum absolute atomic E-state index is 0.0544. The third kappa shape index (κ3) is 5.33. The number of nitrogens with one attached hydrogen (secondary N) is 1. The summed E-state index contributed by atoms with van der Waals surface area (Å²) in [5.74, 6) is -0.915. The Morgan fingerprint density at radius 2 is 1.85 bits per heavy atom. The number of allylic oxidation sites excluding steroid dienone is 2. The Hall–Kier alpha value is -4.25. The number of amides is 1. The third-order valence-corrected chi connectivity index (χ3v) is 5.10. The molecule has 1 atom stereocenters. The first-order valence-electron chi connectivity index (χ1n) is 10.4. The first-order chi connectivity index (χ1) is 15.8. The minimum atomic E-state index is -0.735. The van der Waals surface area contributed by atoms with Crippen LogP contribution in [0.2, 0.25) is 0 Å². The van der Waals surface area contributed by atoms with Crippen molar-refractivity contribution >= 4 is 17.6 Å². The summed E-state index contributed by atoms with van der Waals surface area (Å²) in [7, 11) is 0. The molecule has 33 heavy (non-hydrogen) atoms. The van der Waals surface area contributed by atoms with Crippen LogP contribution in [0.5, 0.6) is 5.75 Å². The van der Waals surface area contributed by atoms with Crippen LogP contribution in [-0.2, 0) is 19.1 Å². The number of ether oxygens (including phenoxy) is 3. The van der Waals surface area contributed by atoms with Gasteiger partial charge in [0.25, 0.3) is 5.91 Å². The second kappa shape index (κ2) is 10.4. The number of hydrogen-bond acceptors (Lipinski definition) is 7. The number of aryl methyl sites for hydroxylation is 1. The highest BCUT2D eigenvalue weighted by atomic mass is 16.5. The topological polar surface area (TPSA) is 124 Å². The molecule has 170 valence electrons. The Balaban J connectivity index is 1.76. The van der Waals surface area contributed by atoms with Gasteiger partial charge in [-0.2, -0.15) is 5.26 Å². The Kier molecular flexibility index (Phi) is 7.36. The largest absolute Gasteiger partial charge is 0.484 e. The molecule has 0 aromatic heterocycles. The van der Waals surface area contributed by atoms with Gasteiger partial charge in [-0.25, -0.2) is 4.79 Å². The number of hydrogen-bond donors (Lipinski definition) is 2. The normalized spacial score (nSPS) is 15.4. The van der Waals surface area contributed by atoms with Gasteiger partial charge >= 0.3 is 5.97 Å². The number of carbonyl (C=O) groups excluding carboxylic acids is 2. The fourth-order valence-corrected chi connectivity index (χ4v) is 3.49. The quantitative estimate of drug-likeness (QED) is 0.621. The van der Waals surface area contributed by atoms with Gasteiger partial charge in [-0.1, -0.05) is 30.3 Å². The summed E-state index contributed by atoms with van der Waals surface area (Å²) in [4.78, 5) is 24.8. The van der Waals surface area contributed by atoms with Gasteiger partial charge in [-0.3, -0.25) is 4.79 Å². The molecule has 0 saturated heterocycles. The molecule has 0 spiro atoms. The van der Waals surface area contributed by atoms with Gasteiger partial charge in [0, 0.05) is 5.69 Å². The first kappa shape index (κ1) is 23.4. The van der Waals surface area contributed by atoms with Crippen molar-refractivity contribution in [1.82, 2.24) is 0 Å². The van der Waals surface area contributed by atoms with E-state index in [9.17, 15) is 14.9 Å². The Morgan fingerprint density at radius 1 is 1.15 bits per heavy atom. The lowest BCUT2D eigenvalue weighted by Crippen LogP contribution is -2.25. The van der Waals surface area contributed by atoms with Gasteiger partial charge in [0.05, 0.1) is 18.1 Å². The molecule has 0 bridgehead atoms. The molecule has 2 aromatic rings. The van der Waals surface area contributed by atoms with Crippen LogP contribution in [-0.4, -0.2) is 25.1 Å². The molecule has 8 heteroatoms. The van der Waals surface area contributed by atoms with Gasteiger partial charge in [0.15, 0.2) is 6.61 Å². The fraction of sp³-hybridized carbons (Fsp3) is 0.240. The van der Waals surface area contributed by atoms with E-state index in [-0.39, 0.29) is 41.9 Å². The Bertz CT molecular complexity index is 1160. The highest BCUT2D eigenvalue weighted by molar-refractivity contribution is 5.93. The predicted molar refractivity (Wildman–Crippen MR) is 122 cm³/mol. The van der Waals surface area contributed by atoms with Gasteiger partial charge in [-0.05, 0) is 50.1 Å². The lowest BCUT2D eigenvalue weighted by molar-refractivity contribution is -0.139. The molecule has 8 nitrogen and oxygen atoms in total. The van der Waals surface area contributed by atoms with E-state index in [1.165, 1.54) is 0 Å². The molecule has 2 aromatic carbocycles. The van der Waals surface area contributed by atoms with Crippen molar-refractivity contribution in [2.45, 2.75) is 26.7 Å². The van der Waals surface area contributed by atoms with Crippen molar-refractivity contribution < 1.29 is 23.8 Å². The zero-order chi connectivity index (χ0) is 24.0. The van der Waals surface area contributed by atoms with Crippen molar-refractivity contribution in [2.24, 2.45) is 5.73 Å². The molecule has 1 amide bonds. The number of anilines is 1. The molecule has 0 radical (unpaired) electrons. The summed E-state index contributed by atoms with van der Waals surface area (Å²) in [6, 6.07) is 16.2. The SMILES string of the molecule is CCOC(=O)C1=C(C)OC(N)=C(C#N)C1c1ccc(OCC(=O)Nc2ccccc2C)cc1. The van der Waals surface area contributed by atoms with E-state index < -0.39 is 11.9 Å². The standard InChI is InChI=1S/C25H25N3O5/c1-4-31-25(30)22-16(3)33-24(27)19(13-26)23(22)17-9-11-18(12-10-17)32-14-21(29)28-20-8-6-5-7-15(20)2/h5-12,23H,4,14,27H2,1-3H3,(H,28,29). The Labute approximate surface area is 192 Å². The van der Waals surface area contributed by atoms with E-state index >= 15 is 0 Å². The highest BCUT2D eigenvalue weighted by Gasteiger charge is 2.36. The molecule has 0 saturated carbocycles. The molecule has 3 rings (SSSR count). The average molecular weight is 447 g/mol. The van der Waals surface area contributed by atoms with Crippen LogP contribution in [0, 0.1) is 18.3 Å². The molecular weight excluding hydrogens is 422 g/mol. The molecule has 1 unspecified atom stereocenters. The minimum Gasteiger partial charge on any atom is -0.484 e. The van der Waals surface area contributed by atoms with Crippen LogP contribution in [0.3, 0.4) is 0 Å². The number of nitrogens with two attached hydrogens (primary N) is 1. The van der Waals surface area contributed by atoms with E-state index in [2.05, 4.69) is 5.32 Å². The molecular formula is C25H25N3O5. The third-order valence-electron chi connectivity index (χ3n) is 5.10. The molecule has 1 aliphatic heterocycles. The second-order valence-corrected chi connectivity index (χ2v) is 7.34. The van der Waals surface area contributed by atoms with Crippen LogP contribution in [0.4, 0.5) is 5.69 Å². The number of esters is 1. The average Bonchev–Trinajstić information content (AvgIpc) is 2.79. The van der Waals surface area contributed by atoms with E-state index in [0.717, 1.165) is 11.3 Å². The van der Waals surface area contributed by atoms with Crippen LogP contribution < -0.4 is 15.8 Å². The van der Waals surface area contributed by atoms with E-state index in [4.69, 9.17) is 19.9 Å². The second-order valence-electron chi connectivity index (χ2n) is 7.34. The van der Waals surface area contributed by atoms with Crippen molar-refractivity contribution in [3.63, 3.8) is 0 Å². The van der Waals surface area contributed by atoms with Gasteiger partial charge < -0.3 is 25.3 Å². The molecule has 0 aliphatic carbocycles. The maximum atomic E-state index is 12.6. The number of para-hydroxylation sites is 1. The van der Waals surface area contributed by atoms with E-state index in [1.54, 1.807) is 38.1 Å². The zero-order valence-electron chi connectivity index (χ0n) is 18.7. The summed E-state index contributed by atoms with van der Waals surface area (Å²) in [6.07, 6.45) is 0. The maximum Gasteiger partial charge on any atom is 0.338 e. The smallest absolute Gasteiger partial charge is 0.338 e. The summed E-state index contributed by atoms with van der Waals surface area (Å²) in [5, 5.41) is 12.4. The summed E-state index contributed by atoms with van der Waals surface area (Å²) >= 11 is 0. The number of nitriles is 1. The van der Waals surface area contributed by atoms with Crippen molar-refractivity contribution in [3.05, 3.63) is 82.4 Å². The number of benzene rings is 2. The van der Waals surface area contributed by atoms with Crippen LogP contribution in [0.15, 0.2) is 71.3 Å². The van der Waals surface area contributed by atoms with Gasteiger partial charge in [0.1, 0.15) is 23.2 Å². The lowest BCUT2D eigenvalue weighted by Gasteiger charge is -2.26. The van der Waals surface area contributed by atoms with E-state index in [0.29, 0.717) is 11.3 Å². The molecule has 1 aliphatic rings. The van der Waals surface area contributed by atoms with Gasteiger partial charge in [-0.15, -0.1) is 0 Å². The van der Waals surface area contributed by atoms with E-state index in [1.807, 2.05) is 37.3 Å². The van der Waals surface area contributed by atoms with Crippen molar-refractivity contribution in [1.29, 1.82) is 5.26 Å². The maximum absolute atomic E-state index is 12.6. The van der Waals surface area contributed by atoms with Crippen LogP contribution >= 0.6 is 0 Å². The summed E-state index contributed by atoms with van der Waals surface area (Å²) in [6.45, 7) is 5.21. The van der Waals surface area contributed by atoms with Crippen LogP contribution in [0.1, 0.15) is 30.9 Å². The number of rotatable bonds is 7. The monoisotopic (exact) mass is 447 g/mol. The molecule has 3 N–H and O–H groups in total. The number of nitrogens with zero attached hydrogens (tertiary/aromatic N) is 1. The molecule has 1 heterocycles. The predicted octanol–water partition coefficient (Wildman–Crippen LogP) is 3.66. The van der Waals surface area contributed by atoms with Crippen molar-refractivity contribution in [3.8, 4) is 11.8 Å². The Morgan fingerprint density at radius 3 is 2.48 bits per heavy atom. The molecule has 0 fully saturated rings. The summed E-state index contributed by atoms with van der Waals surface area (Å²) < 4.78 is 16.2. The fourth-order valence-electron chi connectivity index (χ4n) is 3.49. The highest BCUT2D eigenvalue weighted by Crippen LogP contribution is 2.39. The first-order valence-corrected chi connectivity index (χ1v) is 10.4. The van der Waals surface area contributed by atoms with Gasteiger partial charge in [0.2, 0.25) is 5.88 Å². The number of carbonyl (C=O) groups is 2. The van der Waals surface area contributed by atoms with Crippen molar-refractivity contribution in [2.75, 3.05) is 18.5 Å². The lowest BCUT2D eigenvalue weighted by atomic mass is 9.83. The zero-order valence-corrected chi connectivity index (χ0v) is 18.7.